The highest BCUT2D eigenvalue weighted by atomic mass is 16.5. The minimum atomic E-state index is -0.234. The van der Waals surface area contributed by atoms with E-state index >= 15 is 0 Å². The second-order valence-electron chi connectivity index (χ2n) is 6.42. The summed E-state index contributed by atoms with van der Waals surface area (Å²) in [6.45, 7) is 2.24. The first-order chi connectivity index (χ1) is 14.1. The Labute approximate surface area is 168 Å². The minimum absolute atomic E-state index is 0.00210. The van der Waals surface area contributed by atoms with Crippen molar-refractivity contribution in [2.45, 2.75) is 0 Å². The Morgan fingerprint density at radius 2 is 1.93 bits per heavy atom. The predicted molar refractivity (Wildman–Crippen MR) is 108 cm³/mol. The van der Waals surface area contributed by atoms with Gasteiger partial charge in [0.2, 0.25) is 18.2 Å². The molecule has 9 nitrogen and oxygen atoms in total. The van der Waals surface area contributed by atoms with Crippen LogP contribution in [-0.4, -0.2) is 67.9 Å². The number of pyridine rings is 1. The highest BCUT2D eigenvalue weighted by Gasteiger charge is 2.23. The molecule has 9 heteroatoms. The van der Waals surface area contributed by atoms with Crippen LogP contribution in [0.3, 0.4) is 0 Å². The van der Waals surface area contributed by atoms with Gasteiger partial charge in [0.25, 0.3) is 5.91 Å². The molecule has 1 aromatic carbocycles. The number of piperazine rings is 1. The van der Waals surface area contributed by atoms with E-state index in [1.165, 1.54) is 7.11 Å². The predicted octanol–water partition coefficient (Wildman–Crippen LogP) is 0.737. The number of amides is 3. The van der Waals surface area contributed by atoms with E-state index in [-0.39, 0.29) is 18.4 Å². The maximum atomic E-state index is 12.9. The monoisotopic (exact) mass is 397 g/mol. The van der Waals surface area contributed by atoms with Gasteiger partial charge in [0.05, 0.1) is 19.2 Å². The number of nitrogens with one attached hydrogen (secondary N) is 2. The summed E-state index contributed by atoms with van der Waals surface area (Å²) in [4.78, 5) is 43.1. The number of anilines is 2. The second-order valence-corrected chi connectivity index (χ2v) is 6.42. The van der Waals surface area contributed by atoms with Gasteiger partial charge in [-0.2, -0.15) is 0 Å². The molecule has 152 valence electrons. The van der Waals surface area contributed by atoms with E-state index in [2.05, 4.69) is 20.5 Å². The van der Waals surface area contributed by atoms with Crippen LogP contribution in [0.5, 0.6) is 5.88 Å². The fourth-order valence-corrected chi connectivity index (χ4v) is 3.18. The third-order valence-corrected chi connectivity index (χ3v) is 4.66. The van der Waals surface area contributed by atoms with Crippen molar-refractivity contribution in [3.63, 3.8) is 0 Å². The molecule has 2 N–H and O–H groups in total. The van der Waals surface area contributed by atoms with Crippen molar-refractivity contribution >= 4 is 29.6 Å². The smallest absolute Gasteiger partial charge is 0.257 e. The molecule has 0 atom stereocenters. The van der Waals surface area contributed by atoms with Crippen LogP contribution in [-0.2, 0) is 9.59 Å². The lowest BCUT2D eigenvalue weighted by Gasteiger charge is -2.36. The van der Waals surface area contributed by atoms with E-state index in [0.717, 1.165) is 5.69 Å². The molecule has 3 rings (SSSR count). The number of benzene rings is 1. The fraction of sp³-hybridized carbons (Fsp3) is 0.300. The molecule has 0 saturated carbocycles. The van der Waals surface area contributed by atoms with Gasteiger partial charge in [0.15, 0.2) is 0 Å². The van der Waals surface area contributed by atoms with Crippen LogP contribution in [0.4, 0.5) is 11.4 Å². The molecule has 1 fully saturated rings. The van der Waals surface area contributed by atoms with Crippen molar-refractivity contribution in [1.82, 2.24) is 15.2 Å². The highest BCUT2D eigenvalue weighted by Crippen LogP contribution is 2.23. The molecule has 0 spiro atoms. The number of methoxy groups -OCH3 is 1. The largest absolute Gasteiger partial charge is 0.481 e. The van der Waals surface area contributed by atoms with E-state index in [4.69, 9.17) is 4.74 Å². The lowest BCUT2D eigenvalue weighted by atomic mass is 10.1. The van der Waals surface area contributed by atoms with Crippen LogP contribution >= 0.6 is 0 Å². The summed E-state index contributed by atoms with van der Waals surface area (Å²) in [6, 6.07) is 10.7. The third-order valence-electron chi connectivity index (χ3n) is 4.66. The minimum Gasteiger partial charge on any atom is -0.481 e. The molecule has 1 aliphatic rings. The van der Waals surface area contributed by atoms with Crippen molar-refractivity contribution in [3.8, 4) is 5.88 Å². The Morgan fingerprint density at radius 1 is 1.17 bits per heavy atom. The van der Waals surface area contributed by atoms with Crippen LogP contribution in [0.15, 0.2) is 42.6 Å². The highest BCUT2D eigenvalue weighted by molar-refractivity contribution is 6.08. The van der Waals surface area contributed by atoms with Gasteiger partial charge in [-0.1, -0.05) is 12.1 Å². The summed E-state index contributed by atoms with van der Waals surface area (Å²) >= 11 is 0. The molecule has 3 amide bonds. The maximum absolute atomic E-state index is 12.9. The van der Waals surface area contributed by atoms with E-state index < -0.39 is 0 Å². The molecule has 2 heterocycles. The van der Waals surface area contributed by atoms with Crippen LogP contribution in [0, 0.1) is 0 Å². The van der Waals surface area contributed by atoms with Gasteiger partial charge < -0.3 is 25.2 Å². The van der Waals surface area contributed by atoms with Crippen molar-refractivity contribution in [2.75, 3.05) is 50.1 Å². The number of rotatable bonds is 7. The lowest BCUT2D eigenvalue weighted by Crippen LogP contribution is -2.51. The number of hydrogen-bond donors (Lipinski definition) is 2. The van der Waals surface area contributed by atoms with Gasteiger partial charge in [-0.25, -0.2) is 4.98 Å². The Kier molecular flexibility index (Phi) is 6.62. The van der Waals surface area contributed by atoms with Gasteiger partial charge in [-0.05, 0) is 18.2 Å². The molecular formula is C20H23N5O4. The third kappa shape index (κ3) is 5.01. The molecule has 1 aromatic heterocycles. The average molecular weight is 397 g/mol. The van der Waals surface area contributed by atoms with Crippen molar-refractivity contribution in [3.05, 3.63) is 48.2 Å². The lowest BCUT2D eigenvalue weighted by molar-refractivity contribution is -0.131. The standard InChI is InChI=1S/C20H23N5O4/c1-29-18-12-15(6-7-22-18)23-20(28)16-4-2-3-5-17(16)24-8-10-25(11-9-24)19(27)13-21-14-26/h2-7,12,14H,8-11,13H2,1H3,(H,21,26)(H,22,23,28). The molecule has 0 aliphatic carbocycles. The van der Waals surface area contributed by atoms with E-state index in [1.54, 1.807) is 29.3 Å². The number of carbonyl (C=O) groups excluding carboxylic acids is 3. The zero-order chi connectivity index (χ0) is 20.6. The molecule has 29 heavy (non-hydrogen) atoms. The molecule has 1 aliphatic heterocycles. The van der Waals surface area contributed by atoms with Crippen molar-refractivity contribution in [1.29, 1.82) is 0 Å². The first kappa shape index (κ1) is 20.1. The van der Waals surface area contributed by atoms with Gasteiger partial charge in [-0.3, -0.25) is 14.4 Å². The number of aromatic nitrogens is 1. The van der Waals surface area contributed by atoms with E-state index in [0.29, 0.717) is 49.7 Å². The van der Waals surface area contributed by atoms with Gasteiger partial charge in [-0.15, -0.1) is 0 Å². The molecule has 0 unspecified atom stereocenters. The number of para-hydroxylation sites is 1. The Hall–Kier alpha value is -3.62. The van der Waals surface area contributed by atoms with Crippen LogP contribution in [0.25, 0.3) is 0 Å². The Balaban J connectivity index is 1.68. The summed E-state index contributed by atoms with van der Waals surface area (Å²) in [6.07, 6.45) is 2.08. The Morgan fingerprint density at radius 3 is 2.66 bits per heavy atom. The maximum Gasteiger partial charge on any atom is 0.257 e. The van der Waals surface area contributed by atoms with Crippen molar-refractivity contribution in [2.24, 2.45) is 0 Å². The van der Waals surface area contributed by atoms with E-state index in [1.807, 2.05) is 18.2 Å². The SMILES string of the molecule is COc1cc(NC(=O)c2ccccc2N2CCN(C(=O)CNC=O)CC2)ccn1. The topological polar surface area (TPSA) is 104 Å². The van der Waals surface area contributed by atoms with Crippen LogP contribution in [0.2, 0.25) is 0 Å². The molecule has 0 radical (unpaired) electrons. The molecule has 0 bridgehead atoms. The zero-order valence-corrected chi connectivity index (χ0v) is 16.1. The number of ether oxygens (including phenoxy) is 1. The normalized spacial score (nSPS) is 13.6. The van der Waals surface area contributed by atoms with Crippen LogP contribution < -0.4 is 20.3 Å². The summed E-state index contributed by atoms with van der Waals surface area (Å²) in [5, 5.41) is 5.26. The first-order valence-electron chi connectivity index (χ1n) is 9.22. The molecule has 1 saturated heterocycles. The molecular weight excluding hydrogens is 374 g/mol. The first-order valence-corrected chi connectivity index (χ1v) is 9.22. The number of nitrogens with zero attached hydrogens (tertiary/aromatic N) is 3. The van der Waals surface area contributed by atoms with Crippen LogP contribution in [0.1, 0.15) is 10.4 Å². The van der Waals surface area contributed by atoms with Gasteiger partial charge in [0, 0.05) is 49.8 Å². The average Bonchev–Trinajstić information content (AvgIpc) is 2.77. The zero-order valence-electron chi connectivity index (χ0n) is 16.1. The molecule has 2 aromatic rings. The second kappa shape index (κ2) is 9.54. The van der Waals surface area contributed by atoms with Crippen molar-refractivity contribution < 1.29 is 19.1 Å². The Bertz CT molecular complexity index is 881. The summed E-state index contributed by atoms with van der Waals surface area (Å²) < 4.78 is 5.09. The number of carbonyl (C=O) groups is 3. The van der Waals surface area contributed by atoms with E-state index in [9.17, 15) is 14.4 Å². The fourth-order valence-electron chi connectivity index (χ4n) is 3.18. The summed E-state index contributed by atoms with van der Waals surface area (Å²) in [7, 11) is 1.52. The quantitative estimate of drug-likeness (QED) is 0.668. The number of hydrogen-bond acceptors (Lipinski definition) is 6. The summed E-state index contributed by atoms with van der Waals surface area (Å²) in [5.41, 5.74) is 1.95. The summed E-state index contributed by atoms with van der Waals surface area (Å²) in [5.74, 6) is 0.0675. The van der Waals surface area contributed by atoms with Gasteiger partial charge >= 0.3 is 0 Å². The van der Waals surface area contributed by atoms with Gasteiger partial charge in [0.1, 0.15) is 0 Å².